The molecule has 1 N–H and O–H groups in total. The molecule has 76 valence electrons. The molecule has 1 aliphatic rings. The van der Waals surface area contributed by atoms with Gasteiger partial charge in [0.1, 0.15) is 12.2 Å². The van der Waals surface area contributed by atoms with E-state index in [1.807, 2.05) is 0 Å². The Morgan fingerprint density at radius 3 is 2.38 bits per heavy atom. The second-order valence-electron chi connectivity index (χ2n) is 3.37. The monoisotopic (exact) mass is 382 g/mol. The van der Waals surface area contributed by atoms with E-state index < -0.39 is 12.1 Å². The predicted octanol–water partition coefficient (Wildman–Crippen LogP) is 0.327. The SMILES string of the molecule is CC(O)C(=O)OC1CCCCC1.[PbH2]. The standard InChI is InChI=1S/C9H16O3.Pb.2H/c1-7(10)9(11)12-8-5-3-2-4-6-8;;;/h7-8,10H,2-6H2,1H3;;;. The molecule has 0 aromatic carbocycles. The minimum atomic E-state index is -0.980. The number of ether oxygens (including phenoxy) is 1. The molecule has 0 spiro atoms. The molecular formula is C9H18O3Pb. The second-order valence-corrected chi connectivity index (χ2v) is 3.37. The van der Waals surface area contributed by atoms with Gasteiger partial charge in [0.2, 0.25) is 0 Å². The molecule has 3 nitrogen and oxygen atoms in total. The summed E-state index contributed by atoms with van der Waals surface area (Å²) in [4.78, 5) is 10.9. The third-order valence-electron chi connectivity index (χ3n) is 2.18. The van der Waals surface area contributed by atoms with E-state index in [1.165, 1.54) is 13.3 Å². The zero-order valence-corrected chi connectivity index (χ0v) is 13.7. The maximum atomic E-state index is 10.9. The molecule has 1 unspecified atom stereocenters. The van der Waals surface area contributed by atoms with Gasteiger partial charge in [-0.25, -0.2) is 4.79 Å². The Kier molecular flexibility index (Phi) is 6.94. The second kappa shape index (κ2) is 6.75. The molecule has 0 amide bonds. The number of carbonyl (C=O) groups is 1. The summed E-state index contributed by atoms with van der Waals surface area (Å²) in [7, 11) is 0. The van der Waals surface area contributed by atoms with Crippen LogP contribution in [-0.4, -0.2) is 50.6 Å². The summed E-state index contributed by atoms with van der Waals surface area (Å²) in [5.74, 6) is -0.484. The van der Waals surface area contributed by atoms with Gasteiger partial charge < -0.3 is 9.84 Å². The van der Waals surface area contributed by atoms with Crippen LogP contribution in [0.4, 0.5) is 0 Å². The van der Waals surface area contributed by atoms with Crippen molar-refractivity contribution in [2.45, 2.75) is 51.2 Å². The Morgan fingerprint density at radius 1 is 1.38 bits per heavy atom. The van der Waals surface area contributed by atoms with E-state index in [9.17, 15) is 4.79 Å². The fraction of sp³-hybridized carbons (Fsp3) is 0.889. The van der Waals surface area contributed by atoms with Gasteiger partial charge in [-0.15, -0.1) is 0 Å². The van der Waals surface area contributed by atoms with Crippen LogP contribution in [-0.2, 0) is 9.53 Å². The van der Waals surface area contributed by atoms with Gasteiger partial charge in [-0.3, -0.25) is 0 Å². The minimum absolute atomic E-state index is 0. The molecular weight excluding hydrogens is 363 g/mol. The molecule has 0 aliphatic heterocycles. The number of hydrogen-bond acceptors (Lipinski definition) is 3. The van der Waals surface area contributed by atoms with E-state index in [2.05, 4.69) is 0 Å². The van der Waals surface area contributed by atoms with Crippen LogP contribution in [0.15, 0.2) is 0 Å². The van der Waals surface area contributed by atoms with Crippen LogP contribution >= 0.6 is 0 Å². The fourth-order valence-corrected chi connectivity index (χ4v) is 1.45. The molecule has 1 fully saturated rings. The van der Waals surface area contributed by atoms with Gasteiger partial charge in [-0.2, -0.15) is 0 Å². The van der Waals surface area contributed by atoms with E-state index in [0.29, 0.717) is 0 Å². The molecule has 2 radical (unpaired) electrons. The summed E-state index contributed by atoms with van der Waals surface area (Å²) in [5, 5.41) is 8.88. The first-order chi connectivity index (χ1) is 5.70. The molecule has 1 aliphatic carbocycles. The maximum absolute atomic E-state index is 10.9. The third kappa shape index (κ3) is 4.95. The molecule has 0 aromatic rings. The van der Waals surface area contributed by atoms with Crippen molar-refractivity contribution < 1.29 is 14.6 Å². The third-order valence-corrected chi connectivity index (χ3v) is 2.18. The van der Waals surface area contributed by atoms with Crippen molar-refractivity contribution in [1.29, 1.82) is 0 Å². The molecule has 1 saturated carbocycles. The van der Waals surface area contributed by atoms with Crippen molar-refractivity contribution in [3.8, 4) is 0 Å². The van der Waals surface area contributed by atoms with E-state index in [4.69, 9.17) is 9.84 Å². The van der Waals surface area contributed by atoms with Gasteiger partial charge in [-0.1, -0.05) is 6.42 Å². The first kappa shape index (κ1) is 13.4. The van der Waals surface area contributed by atoms with E-state index in [1.54, 1.807) is 0 Å². The summed E-state index contributed by atoms with van der Waals surface area (Å²) < 4.78 is 5.06. The van der Waals surface area contributed by atoms with Crippen molar-refractivity contribution >= 4 is 33.3 Å². The van der Waals surface area contributed by atoms with Crippen molar-refractivity contribution in [3.63, 3.8) is 0 Å². The van der Waals surface area contributed by atoms with Crippen molar-refractivity contribution in [2.24, 2.45) is 0 Å². The fourth-order valence-electron chi connectivity index (χ4n) is 1.45. The molecule has 1 rings (SSSR count). The predicted molar refractivity (Wildman–Crippen MR) is 53.2 cm³/mol. The van der Waals surface area contributed by atoms with Gasteiger partial charge in [0.15, 0.2) is 0 Å². The first-order valence-electron chi connectivity index (χ1n) is 4.58. The average molecular weight is 381 g/mol. The number of rotatable bonds is 2. The normalized spacial score (nSPS) is 20.2. The Balaban J connectivity index is 0.00000144. The topological polar surface area (TPSA) is 46.5 Å². The zero-order chi connectivity index (χ0) is 8.97. The molecule has 1 atom stereocenters. The molecule has 0 aromatic heterocycles. The number of esters is 1. The van der Waals surface area contributed by atoms with Crippen molar-refractivity contribution in [2.75, 3.05) is 0 Å². The summed E-state index contributed by atoms with van der Waals surface area (Å²) in [5.41, 5.74) is 0. The molecule has 4 heteroatoms. The number of carbonyl (C=O) groups excluding carboxylic acids is 1. The van der Waals surface area contributed by atoms with Crippen LogP contribution in [0.5, 0.6) is 0 Å². The van der Waals surface area contributed by atoms with E-state index >= 15 is 0 Å². The molecule has 0 saturated heterocycles. The van der Waals surface area contributed by atoms with Gasteiger partial charge in [-0.05, 0) is 32.6 Å². The van der Waals surface area contributed by atoms with Gasteiger partial charge in [0.05, 0.1) is 0 Å². The van der Waals surface area contributed by atoms with Crippen LogP contribution in [0.1, 0.15) is 39.0 Å². The summed E-state index contributed by atoms with van der Waals surface area (Å²) in [6, 6.07) is 0. The summed E-state index contributed by atoms with van der Waals surface area (Å²) in [6.07, 6.45) is 4.50. The van der Waals surface area contributed by atoms with Crippen LogP contribution in [0.3, 0.4) is 0 Å². The van der Waals surface area contributed by atoms with Crippen LogP contribution in [0, 0.1) is 0 Å². The van der Waals surface area contributed by atoms with Crippen molar-refractivity contribution in [1.82, 2.24) is 0 Å². The zero-order valence-electron chi connectivity index (χ0n) is 8.16. The van der Waals surface area contributed by atoms with E-state index in [0.717, 1.165) is 25.7 Å². The van der Waals surface area contributed by atoms with Gasteiger partial charge >= 0.3 is 33.3 Å². The average Bonchev–Trinajstić information content (AvgIpc) is 2.06. The van der Waals surface area contributed by atoms with Gasteiger partial charge in [0, 0.05) is 0 Å². The number of hydrogen-bond donors (Lipinski definition) is 1. The Labute approximate surface area is 99.0 Å². The Bertz CT molecular complexity index is 153. The van der Waals surface area contributed by atoms with Crippen LogP contribution < -0.4 is 0 Å². The molecule has 13 heavy (non-hydrogen) atoms. The van der Waals surface area contributed by atoms with Gasteiger partial charge in [0.25, 0.3) is 0 Å². The molecule has 0 heterocycles. The van der Waals surface area contributed by atoms with Crippen molar-refractivity contribution in [3.05, 3.63) is 0 Å². The summed E-state index contributed by atoms with van der Waals surface area (Å²) in [6.45, 7) is 1.44. The van der Waals surface area contributed by atoms with Crippen LogP contribution in [0.2, 0.25) is 0 Å². The van der Waals surface area contributed by atoms with Crippen LogP contribution in [0.25, 0.3) is 0 Å². The molecule has 0 bridgehead atoms. The first-order valence-corrected chi connectivity index (χ1v) is 4.58. The Hall–Kier alpha value is 0.352. The number of aliphatic hydroxyl groups excluding tert-OH is 1. The number of aliphatic hydroxyl groups is 1. The Morgan fingerprint density at radius 2 is 1.92 bits per heavy atom. The quantitative estimate of drug-likeness (QED) is 0.554. The summed E-state index contributed by atoms with van der Waals surface area (Å²) >= 11 is 0. The van der Waals surface area contributed by atoms with E-state index in [-0.39, 0.29) is 33.4 Å².